The van der Waals surface area contributed by atoms with Gasteiger partial charge in [-0.15, -0.1) is 0 Å². The lowest BCUT2D eigenvalue weighted by atomic mass is 10.2. The van der Waals surface area contributed by atoms with E-state index in [0.717, 1.165) is 6.07 Å². The van der Waals surface area contributed by atoms with Crippen LogP contribution in [-0.2, 0) is 10.0 Å². The van der Waals surface area contributed by atoms with Crippen LogP contribution in [-0.4, -0.2) is 43.9 Å². The smallest absolute Gasteiger partial charge is 0.339 e. The second-order valence-corrected chi connectivity index (χ2v) is 5.86. The third-order valence-electron chi connectivity index (χ3n) is 2.36. The van der Waals surface area contributed by atoms with Crippen LogP contribution in [0.2, 0.25) is 0 Å². The molecule has 0 aliphatic carbocycles. The molecule has 0 bridgehead atoms. The van der Waals surface area contributed by atoms with Crippen LogP contribution in [0.4, 0.5) is 0 Å². The van der Waals surface area contributed by atoms with E-state index in [4.69, 9.17) is 14.9 Å². The average molecular weight is 303 g/mol. The van der Waals surface area contributed by atoms with E-state index < -0.39 is 22.1 Å². The minimum atomic E-state index is -3.87. The van der Waals surface area contributed by atoms with Crippen LogP contribution in [0.25, 0.3) is 0 Å². The Morgan fingerprint density at radius 2 is 2.10 bits per heavy atom. The van der Waals surface area contributed by atoms with Gasteiger partial charge in [-0.1, -0.05) is 0 Å². The molecule has 0 saturated carbocycles. The molecule has 0 aliphatic rings. The number of sulfonamides is 1. The maximum Gasteiger partial charge on any atom is 0.339 e. The number of nitrogens with one attached hydrogen (secondary N) is 1. The van der Waals surface area contributed by atoms with E-state index in [0.29, 0.717) is 0 Å². The van der Waals surface area contributed by atoms with E-state index in [-0.39, 0.29) is 29.4 Å². The van der Waals surface area contributed by atoms with Crippen LogP contribution in [0.1, 0.15) is 24.2 Å². The largest absolute Gasteiger partial charge is 0.493 e. The number of carboxylic acid groups (broad SMARTS) is 1. The van der Waals surface area contributed by atoms with Gasteiger partial charge in [0.25, 0.3) is 0 Å². The topological polar surface area (TPSA) is 113 Å². The van der Waals surface area contributed by atoms with E-state index in [1.54, 1.807) is 6.92 Å². The minimum absolute atomic E-state index is 0.106. The van der Waals surface area contributed by atoms with Gasteiger partial charge in [0.2, 0.25) is 10.0 Å². The number of hydrogen-bond donors (Lipinski definition) is 3. The maximum absolute atomic E-state index is 11.9. The molecule has 7 nitrogen and oxygen atoms in total. The summed E-state index contributed by atoms with van der Waals surface area (Å²) in [4.78, 5) is 10.9. The van der Waals surface area contributed by atoms with E-state index in [1.165, 1.54) is 19.1 Å². The summed E-state index contributed by atoms with van der Waals surface area (Å²) in [6.45, 7) is 3.24. The van der Waals surface area contributed by atoms with E-state index in [2.05, 4.69) is 4.72 Å². The van der Waals surface area contributed by atoms with Crippen molar-refractivity contribution in [2.24, 2.45) is 0 Å². The van der Waals surface area contributed by atoms with Gasteiger partial charge in [0.15, 0.2) is 0 Å². The fourth-order valence-electron chi connectivity index (χ4n) is 1.44. The molecule has 0 unspecified atom stereocenters. The monoisotopic (exact) mass is 303 g/mol. The zero-order chi connectivity index (χ0) is 15.3. The fraction of sp³-hybridized carbons (Fsp3) is 0.417. The number of rotatable bonds is 7. The Morgan fingerprint density at radius 3 is 2.60 bits per heavy atom. The average Bonchev–Trinajstić information content (AvgIpc) is 2.37. The van der Waals surface area contributed by atoms with Crippen molar-refractivity contribution in [1.82, 2.24) is 4.72 Å². The molecule has 1 atom stereocenters. The van der Waals surface area contributed by atoms with Gasteiger partial charge in [0, 0.05) is 6.54 Å². The molecule has 0 aliphatic heterocycles. The molecule has 8 heteroatoms. The highest BCUT2D eigenvalue weighted by molar-refractivity contribution is 7.89. The molecule has 0 saturated heterocycles. The third kappa shape index (κ3) is 4.19. The van der Waals surface area contributed by atoms with Crippen LogP contribution in [0.5, 0.6) is 5.75 Å². The summed E-state index contributed by atoms with van der Waals surface area (Å²) in [5, 5.41) is 18.1. The highest BCUT2D eigenvalue weighted by atomic mass is 32.2. The number of benzene rings is 1. The predicted octanol–water partition coefficient (Wildman–Crippen LogP) is 0.443. The van der Waals surface area contributed by atoms with Crippen LogP contribution in [0.3, 0.4) is 0 Å². The van der Waals surface area contributed by atoms with Gasteiger partial charge in [-0.25, -0.2) is 17.9 Å². The summed E-state index contributed by atoms with van der Waals surface area (Å²) in [6.07, 6.45) is -0.841. The van der Waals surface area contributed by atoms with Crippen LogP contribution in [0.15, 0.2) is 23.1 Å². The maximum atomic E-state index is 11.9. The molecule has 112 valence electrons. The highest BCUT2D eigenvalue weighted by Crippen LogP contribution is 2.22. The van der Waals surface area contributed by atoms with Crippen LogP contribution < -0.4 is 9.46 Å². The number of aromatic carboxylic acids is 1. The van der Waals surface area contributed by atoms with E-state index in [9.17, 15) is 13.2 Å². The Morgan fingerprint density at radius 1 is 1.45 bits per heavy atom. The first kappa shape index (κ1) is 16.4. The summed E-state index contributed by atoms with van der Waals surface area (Å²) in [6, 6.07) is 3.57. The fourth-order valence-corrected chi connectivity index (χ4v) is 2.59. The lowest BCUT2D eigenvalue weighted by Crippen LogP contribution is -2.30. The molecule has 0 amide bonds. The van der Waals surface area contributed by atoms with Crippen LogP contribution >= 0.6 is 0 Å². The predicted molar refractivity (Wildman–Crippen MR) is 71.4 cm³/mol. The molecule has 20 heavy (non-hydrogen) atoms. The minimum Gasteiger partial charge on any atom is -0.493 e. The van der Waals surface area contributed by atoms with E-state index in [1.807, 2.05) is 0 Å². The van der Waals surface area contributed by atoms with Crippen molar-refractivity contribution in [3.8, 4) is 5.75 Å². The number of hydrogen-bond acceptors (Lipinski definition) is 5. The molecule has 1 aromatic carbocycles. The van der Waals surface area contributed by atoms with Crippen molar-refractivity contribution in [2.45, 2.75) is 24.8 Å². The molecule has 0 fully saturated rings. The van der Waals surface area contributed by atoms with Crippen molar-refractivity contribution in [1.29, 1.82) is 0 Å². The van der Waals surface area contributed by atoms with Gasteiger partial charge >= 0.3 is 5.97 Å². The summed E-state index contributed by atoms with van der Waals surface area (Å²) in [5.74, 6) is -1.17. The number of ether oxygens (including phenoxy) is 1. The standard InChI is InChI=1S/C12H17NO6S/c1-3-19-11-5-4-9(6-10(11)12(15)16)20(17,18)13-7-8(2)14/h4-6,8,13-14H,3,7H2,1-2H3,(H,15,16)/t8-/m0/s1. The van der Waals surface area contributed by atoms with Crippen molar-refractivity contribution >= 4 is 16.0 Å². The van der Waals surface area contributed by atoms with Gasteiger partial charge in [-0.3, -0.25) is 0 Å². The first-order chi connectivity index (χ1) is 9.27. The van der Waals surface area contributed by atoms with Gasteiger partial charge in [0.1, 0.15) is 11.3 Å². The van der Waals surface area contributed by atoms with Gasteiger partial charge in [0.05, 0.1) is 17.6 Å². The zero-order valence-corrected chi connectivity index (χ0v) is 12.0. The zero-order valence-electron chi connectivity index (χ0n) is 11.2. The second kappa shape index (κ2) is 6.69. The summed E-state index contributed by atoms with van der Waals surface area (Å²) < 4.78 is 31.2. The molecule has 1 aromatic rings. The first-order valence-corrected chi connectivity index (χ1v) is 7.44. The number of aliphatic hydroxyl groups is 1. The molecule has 0 radical (unpaired) electrons. The van der Waals surface area contributed by atoms with Crippen molar-refractivity contribution < 1.29 is 28.2 Å². The molecule has 0 heterocycles. The summed E-state index contributed by atoms with van der Waals surface area (Å²) in [7, 11) is -3.87. The first-order valence-electron chi connectivity index (χ1n) is 5.95. The molecule has 3 N–H and O–H groups in total. The van der Waals surface area contributed by atoms with Crippen molar-refractivity contribution in [2.75, 3.05) is 13.2 Å². The summed E-state index contributed by atoms with van der Waals surface area (Å²) >= 11 is 0. The van der Waals surface area contributed by atoms with Gasteiger partial charge in [-0.2, -0.15) is 0 Å². The van der Waals surface area contributed by atoms with Crippen molar-refractivity contribution in [3.05, 3.63) is 23.8 Å². The van der Waals surface area contributed by atoms with Crippen LogP contribution in [0, 0.1) is 0 Å². The number of aliphatic hydroxyl groups excluding tert-OH is 1. The Bertz CT molecular complexity index is 582. The number of carbonyl (C=O) groups is 1. The molecular formula is C12H17NO6S. The van der Waals surface area contributed by atoms with Gasteiger partial charge < -0.3 is 14.9 Å². The quantitative estimate of drug-likeness (QED) is 0.674. The van der Waals surface area contributed by atoms with Gasteiger partial charge in [-0.05, 0) is 32.0 Å². The normalized spacial score (nSPS) is 12.9. The lowest BCUT2D eigenvalue weighted by molar-refractivity contribution is 0.0692. The molecule has 0 aromatic heterocycles. The molecule has 0 spiro atoms. The Labute approximate surface area is 117 Å². The SMILES string of the molecule is CCOc1ccc(S(=O)(=O)NC[C@H](C)O)cc1C(=O)O. The molecular weight excluding hydrogens is 286 g/mol. The lowest BCUT2D eigenvalue weighted by Gasteiger charge is -2.11. The highest BCUT2D eigenvalue weighted by Gasteiger charge is 2.19. The number of carboxylic acids is 1. The Kier molecular flexibility index (Phi) is 5.49. The Hall–Kier alpha value is -1.64. The second-order valence-electron chi connectivity index (χ2n) is 4.10. The summed E-state index contributed by atoms with van der Waals surface area (Å²) in [5.41, 5.74) is -0.230. The van der Waals surface area contributed by atoms with Crippen molar-refractivity contribution in [3.63, 3.8) is 0 Å². The Balaban J connectivity index is 3.14. The molecule has 1 rings (SSSR count). The van der Waals surface area contributed by atoms with E-state index >= 15 is 0 Å². The third-order valence-corrected chi connectivity index (χ3v) is 3.78.